The predicted molar refractivity (Wildman–Crippen MR) is 64.1 cm³/mol. The van der Waals surface area contributed by atoms with Crippen LogP contribution < -0.4 is 10.1 Å². The van der Waals surface area contributed by atoms with Gasteiger partial charge in [0.05, 0.1) is 16.8 Å². The lowest BCUT2D eigenvalue weighted by Crippen LogP contribution is -2.28. The van der Waals surface area contributed by atoms with E-state index in [0.717, 1.165) is 11.3 Å². The standard InChI is InChI=1S/C9H13BN2O4S/c1-5-6(2-3-16-5)8(13)12-9-11-4-7(17-9)10(14)15/h4-6,14-15H,2-3H2,1H3,(H,11,12,13). The van der Waals surface area contributed by atoms with Crippen molar-refractivity contribution in [3.63, 3.8) is 0 Å². The van der Waals surface area contributed by atoms with E-state index in [1.165, 1.54) is 6.20 Å². The zero-order chi connectivity index (χ0) is 12.4. The number of nitrogens with zero attached hydrogens (tertiary/aromatic N) is 1. The molecule has 8 heteroatoms. The summed E-state index contributed by atoms with van der Waals surface area (Å²) in [5.41, 5.74) is 0. The average Bonchev–Trinajstić information content (AvgIpc) is 2.86. The summed E-state index contributed by atoms with van der Waals surface area (Å²) in [5.74, 6) is -0.301. The minimum atomic E-state index is -1.55. The Morgan fingerprint density at radius 1 is 1.71 bits per heavy atom. The molecule has 1 aromatic rings. The fourth-order valence-corrected chi connectivity index (χ4v) is 2.43. The van der Waals surface area contributed by atoms with E-state index >= 15 is 0 Å². The molecule has 1 aliphatic heterocycles. The predicted octanol–water partition coefficient (Wildman–Crippen LogP) is -0.814. The number of carbonyl (C=O) groups excluding carboxylic acids is 1. The van der Waals surface area contributed by atoms with Gasteiger partial charge in [0.1, 0.15) is 0 Å². The Balaban J connectivity index is 1.97. The van der Waals surface area contributed by atoms with Crippen molar-refractivity contribution >= 4 is 34.3 Å². The summed E-state index contributed by atoms with van der Waals surface area (Å²) < 4.78 is 5.61. The van der Waals surface area contributed by atoms with Crippen LogP contribution in [0.15, 0.2) is 6.20 Å². The second-order valence-electron chi connectivity index (χ2n) is 3.90. The molecule has 0 saturated carbocycles. The Labute approximate surface area is 103 Å². The number of carbonyl (C=O) groups is 1. The maximum atomic E-state index is 11.9. The van der Waals surface area contributed by atoms with Crippen LogP contribution in [-0.2, 0) is 9.53 Å². The van der Waals surface area contributed by atoms with Crippen LogP contribution in [0.1, 0.15) is 13.3 Å². The summed E-state index contributed by atoms with van der Waals surface area (Å²) in [7, 11) is -1.55. The third-order valence-corrected chi connectivity index (χ3v) is 3.67. The monoisotopic (exact) mass is 256 g/mol. The molecule has 0 aromatic carbocycles. The highest BCUT2D eigenvalue weighted by molar-refractivity contribution is 7.25. The molecule has 17 heavy (non-hydrogen) atoms. The van der Waals surface area contributed by atoms with Gasteiger partial charge in [-0.3, -0.25) is 4.79 Å². The van der Waals surface area contributed by atoms with Gasteiger partial charge in [-0.05, 0) is 13.3 Å². The first-order valence-electron chi connectivity index (χ1n) is 5.32. The van der Waals surface area contributed by atoms with Gasteiger partial charge in [-0.25, -0.2) is 4.98 Å². The highest BCUT2D eigenvalue weighted by Gasteiger charge is 2.31. The van der Waals surface area contributed by atoms with E-state index in [4.69, 9.17) is 14.8 Å². The summed E-state index contributed by atoms with van der Waals surface area (Å²) >= 11 is 1.05. The lowest BCUT2D eigenvalue weighted by molar-refractivity contribution is -0.121. The molecule has 6 nitrogen and oxygen atoms in total. The van der Waals surface area contributed by atoms with Gasteiger partial charge in [0.2, 0.25) is 5.91 Å². The van der Waals surface area contributed by atoms with Gasteiger partial charge >= 0.3 is 7.12 Å². The normalized spacial score (nSPS) is 23.7. The maximum Gasteiger partial charge on any atom is 0.500 e. The second-order valence-corrected chi connectivity index (χ2v) is 4.96. The highest BCUT2D eigenvalue weighted by Crippen LogP contribution is 2.22. The largest absolute Gasteiger partial charge is 0.500 e. The molecule has 0 aliphatic carbocycles. The number of hydrogen-bond acceptors (Lipinski definition) is 6. The Hall–Kier alpha value is -0.955. The molecule has 1 aromatic heterocycles. The number of nitrogens with one attached hydrogen (secondary N) is 1. The van der Waals surface area contributed by atoms with E-state index < -0.39 is 7.12 Å². The first-order chi connectivity index (χ1) is 8.08. The van der Waals surface area contributed by atoms with E-state index in [1.807, 2.05) is 6.92 Å². The molecule has 0 radical (unpaired) electrons. The van der Waals surface area contributed by atoms with Crippen LogP contribution in [0.4, 0.5) is 5.13 Å². The van der Waals surface area contributed by atoms with Crippen molar-refractivity contribution in [2.75, 3.05) is 11.9 Å². The lowest BCUT2D eigenvalue weighted by atomic mass is 9.91. The first kappa shape index (κ1) is 12.5. The molecule has 2 atom stereocenters. The molecule has 2 rings (SSSR count). The molecule has 1 fully saturated rings. The minimum Gasteiger partial charge on any atom is -0.423 e. The molecule has 1 amide bonds. The molecule has 2 heterocycles. The highest BCUT2D eigenvalue weighted by atomic mass is 32.1. The zero-order valence-corrected chi connectivity index (χ0v) is 10.1. The fraction of sp³-hybridized carbons (Fsp3) is 0.556. The van der Waals surface area contributed by atoms with Crippen LogP contribution in [0, 0.1) is 5.92 Å². The number of aromatic nitrogens is 1. The number of amides is 1. The Morgan fingerprint density at radius 3 is 3.00 bits per heavy atom. The van der Waals surface area contributed by atoms with Gasteiger partial charge in [0.25, 0.3) is 0 Å². The van der Waals surface area contributed by atoms with Crippen molar-refractivity contribution in [3.05, 3.63) is 6.20 Å². The topological polar surface area (TPSA) is 91.7 Å². The number of anilines is 1. The second kappa shape index (κ2) is 5.13. The summed E-state index contributed by atoms with van der Waals surface area (Å²) in [5, 5.41) is 20.9. The summed E-state index contributed by atoms with van der Waals surface area (Å²) in [6.45, 7) is 2.46. The van der Waals surface area contributed by atoms with Crippen LogP contribution in [0.5, 0.6) is 0 Å². The SMILES string of the molecule is CC1OCCC1C(=O)Nc1ncc(B(O)O)s1. The van der Waals surface area contributed by atoms with E-state index in [0.29, 0.717) is 22.9 Å². The molecular weight excluding hydrogens is 243 g/mol. The van der Waals surface area contributed by atoms with Crippen molar-refractivity contribution in [3.8, 4) is 0 Å². The number of hydrogen-bond donors (Lipinski definition) is 3. The van der Waals surface area contributed by atoms with Crippen molar-refractivity contribution in [2.45, 2.75) is 19.4 Å². The average molecular weight is 256 g/mol. The maximum absolute atomic E-state index is 11.9. The van der Waals surface area contributed by atoms with E-state index in [2.05, 4.69) is 10.3 Å². The third-order valence-electron chi connectivity index (χ3n) is 2.72. The summed E-state index contributed by atoms with van der Waals surface area (Å²) in [6, 6.07) is 0. The molecule has 3 N–H and O–H groups in total. The van der Waals surface area contributed by atoms with Crippen molar-refractivity contribution in [1.29, 1.82) is 0 Å². The van der Waals surface area contributed by atoms with Gasteiger partial charge in [0.15, 0.2) is 5.13 Å². The van der Waals surface area contributed by atoms with Gasteiger partial charge < -0.3 is 20.1 Å². The number of thiazole rings is 1. The van der Waals surface area contributed by atoms with Crippen molar-refractivity contribution < 1.29 is 19.6 Å². The molecule has 0 spiro atoms. The van der Waals surface area contributed by atoms with E-state index in [-0.39, 0.29) is 17.9 Å². The minimum absolute atomic E-state index is 0.0853. The molecule has 1 saturated heterocycles. The third kappa shape index (κ3) is 2.84. The Morgan fingerprint density at radius 2 is 2.47 bits per heavy atom. The van der Waals surface area contributed by atoms with Crippen LogP contribution in [0.2, 0.25) is 0 Å². The Kier molecular flexibility index (Phi) is 3.77. The zero-order valence-electron chi connectivity index (χ0n) is 9.29. The van der Waals surface area contributed by atoms with Gasteiger partial charge in [-0.15, -0.1) is 11.3 Å². The lowest BCUT2D eigenvalue weighted by Gasteiger charge is -2.12. The fourth-order valence-electron chi connectivity index (χ4n) is 1.74. The molecule has 1 aliphatic rings. The Bertz CT molecular complexity index is 411. The van der Waals surface area contributed by atoms with E-state index in [9.17, 15) is 4.79 Å². The first-order valence-corrected chi connectivity index (χ1v) is 6.14. The van der Waals surface area contributed by atoms with Crippen LogP contribution in [0.3, 0.4) is 0 Å². The molecule has 2 unspecified atom stereocenters. The molecule has 92 valence electrons. The van der Waals surface area contributed by atoms with Crippen LogP contribution in [-0.4, -0.2) is 40.8 Å². The number of rotatable bonds is 3. The molecular formula is C9H13BN2O4S. The number of ether oxygens (including phenoxy) is 1. The summed E-state index contributed by atoms with van der Waals surface area (Å²) in [4.78, 5) is 15.8. The smallest absolute Gasteiger partial charge is 0.423 e. The van der Waals surface area contributed by atoms with Gasteiger partial charge in [-0.1, -0.05) is 0 Å². The van der Waals surface area contributed by atoms with Crippen molar-refractivity contribution in [1.82, 2.24) is 4.98 Å². The molecule has 0 bridgehead atoms. The van der Waals surface area contributed by atoms with Crippen LogP contribution >= 0.6 is 11.3 Å². The quantitative estimate of drug-likeness (QED) is 0.615. The van der Waals surface area contributed by atoms with Crippen LogP contribution in [0.25, 0.3) is 0 Å². The van der Waals surface area contributed by atoms with Gasteiger partial charge in [0, 0.05) is 12.8 Å². The van der Waals surface area contributed by atoms with E-state index in [1.54, 1.807) is 0 Å². The van der Waals surface area contributed by atoms with Crippen molar-refractivity contribution in [2.24, 2.45) is 5.92 Å². The van der Waals surface area contributed by atoms with Gasteiger partial charge in [-0.2, -0.15) is 0 Å². The summed E-state index contributed by atoms with van der Waals surface area (Å²) in [6.07, 6.45) is 1.95.